The number of rotatable bonds is 10. The van der Waals surface area contributed by atoms with Crippen molar-refractivity contribution in [3.8, 4) is 0 Å². The zero-order valence-corrected chi connectivity index (χ0v) is 19.9. The summed E-state index contributed by atoms with van der Waals surface area (Å²) in [7, 11) is -3.98. The van der Waals surface area contributed by atoms with Crippen molar-refractivity contribution < 1.29 is 22.3 Å². The molecule has 1 aliphatic heterocycles. The SMILES string of the molecule is CCC(CC)C(CNC(=O)c1ccc(S(=O)(=O)Nc2ccccc2F)cc1)N1CCOCC1. The van der Waals surface area contributed by atoms with Crippen molar-refractivity contribution in [3.05, 3.63) is 59.9 Å². The average Bonchev–Trinajstić information content (AvgIpc) is 2.83. The van der Waals surface area contributed by atoms with Crippen LogP contribution in [0.25, 0.3) is 0 Å². The highest BCUT2D eigenvalue weighted by Crippen LogP contribution is 2.21. The van der Waals surface area contributed by atoms with Gasteiger partial charge in [-0.1, -0.05) is 38.8 Å². The summed E-state index contributed by atoms with van der Waals surface area (Å²) in [5.41, 5.74) is 0.236. The quantitative estimate of drug-likeness (QED) is 0.547. The van der Waals surface area contributed by atoms with Gasteiger partial charge in [0.1, 0.15) is 5.82 Å². The second-order valence-electron chi connectivity index (χ2n) is 8.11. The zero-order chi connectivity index (χ0) is 23.8. The third kappa shape index (κ3) is 6.52. The fourth-order valence-corrected chi connectivity index (χ4v) is 5.24. The number of sulfonamides is 1. The Morgan fingerprint density at radius 1 is 1.06 bits per heavy atom. The third-order valence-electron chi connectivity index (χ3n) is 6.12. The molecular weight excluding hydrogens is 445 g/mol. The summed E-state index contributed by atoms with van der Waals surface area (Å²) in [5, 5.41) is 3.01. The standard InChI is InChI=1S/C24H32FN3O4S/c1-3-18(4-2)23(28-13-15-32-16-14-28)17-26-24(29)19-9-11-20(12-10-19)33(30,31)27-22-8-6-5-7-21(22)25/h5-12,18,23,27H,3-4,13-17H2,1-2H3,(H,26,29). The second-order valence-corrected chi connectivity index (χ2v) is 9.79. The second kappa shape index (κ2) is 11.6. The fourth-order valence-electron chi connectivity index (χ4n) is 4.17. The number of ether oxygens (including phenoxy) is 1. The Labute approximate surface area is 195 Å². The van der Waals surface area contributed by atoms with Crippen LogP contribution in [0.4, 0.5) is 10.1 Å². The van der Waals surface area contributed by atoms with Crippen LogP contribution in [-0.4, -0.2) is 58.1 Å². The molecule has 2 aromatic carbocycles. The molecule has 7 nitrogen and oxygen atoms in total. The van der Waals surface area contributed by atoms with Gasteiger partial charge in [-0.25, -0.2) is 12.8 Å². The monoisotopic (exact) mass is 477 g/mol. The van der Waals surface area contributed by atoms with Crippen LogP contribution >= 0.6 is 0 Å². The number of benzene rings is 2. The van der Waals surface area contributed by atoms with Crippen molar-refractivity contribution >= 4 is 21.6 Å². The first kappa shape index (κ1) is 25.1. The molecule has 1 heterocycles. The molecule has 9 heteroatoms. The van der Waals surface area contributed by atoms with Crippen LogP contribution < -0.4 is 10.0 Å². The number of hydrogen-bond acceptors (Lipinski definition) is 5. The Morgan fingerprint density at radius 2 is 1.70 bits per heavy atom. The minimum Gasteiger partial charge on any atom is -0.379 e. The van der Waals surface area contributed by atoms with E-state index >= 15 is 0 Å². The van der Waals surface area contributed by atoms with Gasteiger partial charge in [0.05, 0.1) is 23.8 Å². The maximum absolute atomic E-state index is 13.8. The van der Waals surface area contributed by atoms with Gasteiger partial charge in [-0.3, -0.25) is 14.4 Å². The number of halogens is 1. The molecule has 3 rings (SSSR count). The molecule has 1 atom stereocenters. The summed E-state index contributed by atoms with van der Waals surface area (Å²) in [4.78, 5) is 15.1. The molecule has 0 aliphatic carbocycles. The molecule has 0 bridgehead atoms. The first-order valence-electron chi connectivity index (χ1n) is 11.3. The van der Waals surface area contributed by atoms with Crippen molar-refractivity contribution in [1.29, 1.82) is 0 Å². The number of carbonyl (C=O) groups is 1. The highest BCUT2D eigenvalue weighted by Gasteiger charge is 2.27. The maximum atomic E-state index is 13.8. The molecule has 1 unspecified atom stereocenters. The summed E-state index contributed by atoms with van der Waals surface area (Å²) < 4.78 is 46.7. The van der Waals surface area contributed by atoms with E-state index in [1.165, 1.54) is 42.5 Å². The number of hydrogen-bond donors (Lipinski definition) is 2. The number of anilines is 1. The highest BCUT2D eigenvalue weighted by molar-refractivity contribution is 7.92. The third-order valence-corrected chi connectivity index (χ3v) is 7.51. The van der Waals surface area contributed by atoms with Crippen molar-refractivity contribution in [2.24, 2.45) is 5.92 Å². The van der Waals surface area contributed by atoms with Gasteiger partial charge < -0.3 is 10.1 Å². The summed E-state index contributed by atoms with van der Waals surface area (Å²) in [6.07, 6.45) is 2.05. The van der Waals surface area contributed by atoms with Crippen LogP contribution in [0.5, 0.6) is 0 Å². The zero-order valence-electron chi connectivity index (χ0n) is 19.1. The number of morpholine rings is 1. The van der Waals surface area contributed by atoms with Gasteiger partial charge in [0.25, 0.3) is 15.9 Å². The van der Waals surface area contributed by atoms with E-state index < -0.39 is 15.8 Å². The van der Waals surface area contributed by atoms with E-state index in [0.717, 1.165) is 25.9 Å². The van der Waals surface area contributed by atoms with Gasteiger partial charge >= 0.3 is 0 Å². The Morgan fingerprint density at radius 3 is 2.30 bits per heavy atom. The Balaban J connectivity index is 1.66. The summed E-state index contributed by atoms with van der Waals surface area (Å²) in [6.45, 7) is 7.93. The molecule has 0 aromatic heterocycles. The largest absolute Gasteiger partial charge is 0.379 e. The van der Waals surface area contributed by atoms with Crippen LogP contribution in [0.3, 0.4) is 0 Å². The van der Waals surface area contributed by atoms with Crippen molar-refractivity contribution in [3.63, 3.8) is 0 Å². The molecule has 0 saturated carbocycles. The fraction of sp³-hybridized carbons (Fsp3) is 0.458. The lowest BCUT2D eigenvalue weighted by molar-refractivity contribution is 0.00191. The number of amides is 1. The number of para-hydroxylation sites is 1. The molecule has 2 aromatic rings. The van der Waals surface area contributed by atoms with Crippen LogP contribution in [0, 0.1) is 11.7 Å². The van der Waals surface area contributed by atoms with Crippen molar-refractivity contribution in [2.45, 2.75) is 37.6 Å². The molecule has 33 heavy (non-hydrogen) atoms. The van der Waals surface area contributed by atoms with Crippen molar-refractivity contribution in [1.82, 2.24) is 10.2 Å². The topological polar surface area (TPSA) is 87.7 Å². The summed E-state index contributed by atoms with van der Waals surface area (Å²) in [6, 6.07) is 11.4. The van der Waals surface area contributed by atoms with E-state index in [9.17, 15) is 17.6 Å². The number of carbonyl (C=O) groups excluding carboxylic acids is 1. The molecular formula is C24H32FN3O4S. The molecule has 180 valence electrons. The lowest BCUT2D eigenvalue weighted by Gasteiger charge is -2.38. The summed E-state index contributed by atoms with van der Waals surface area (Å²) >= 11 is 0. The predicted octanol–water partition coefficient (Wildman–Crippen LogP) is 3.49. The molecule has 0 spiro atoms. The molecule has 1 aliphatic rings. The lowest BCUT2D eigenvalue weighted by atomic mass is 9.92. The Kier molecular flexibility index (Phi) is 8.82. The lowest BCUT2D eigenvalue weighted by Crippen LogP contribution is -2.52. The summed E-state index contributed by atoms with van der Waals surface area (Å²) in [5.74, 6) is -0.463. The van der Waals surface area contributed by atoms with Crippen LogP contribution in [0.2, 0.25) is 0 Å². The minimum absolute atomic E-state index is 0.0504. The molecule has 0 radical (unpaired) electrons. The van der Waals surface area contributed by atoms with Gasteiger partial charge in [-0.2, -0.15) is 0 Å². The smallest absolute Gasteiger partial charge is 0.261 e. The van der Waals surface area contributed by atoms with E-state index in [1.807, 2.05) is 0 Å². The van der Waals surface area contributed by atoms with Gasteiger partial charge in [-0.15, -0.1) is 0 Å². The van der Waals surface area contributed by atoms with Gasteiger partial charge in [-0.05, 0) is 42.3 Å². The Hall–Kier alpha value is -2.49. The van der Waals surface area contributed by atoms with Crippen molar-refractivity contribution in [2.75, 3.05) is 37.6 Å². The van der Waals surface area contributed by atoms with E-state index in [2.05, 4.69) is 28.8 Å². The first-order valence-corrected chi connectivity index (χ1v) is 12.8. The van der Waals surface area contributed by atoms with E-state index in [1.54, 1.807) is 6.07 Å². The van der Waals surface area contributed by atoms with Gasteiger partial charge in [0, 0.05) is 31.2 Å². The van der Waals surface area contributed by atoms with Gasteiger partial charge in [0.15, 0.2) is 0 Å². The minimum atomic E-state index is -3.98. The van der Waals surface area contributed by atoms with Crippen LogP contribution in [0.15, 0.2) is 53.4 Å². The first-order chi connectivity index (χ1) is 15.9. The normalized spacial score (nSPS) is 15.9. The maximum Gasteiger partial charge on any atom is 0.261 e. The van der Waals surface area contributed by atoms with Crippen LogP contribution in [-0.2, 0) is 14.8 Å². The Bertz CT molecular complexity index is 1020. The molecule has 2 N–H and O–H groups in total. The van der Waals surface area contributed by atoms with E-state index in [0.29, 0.717) is 31.2 Å². The average molecular weight is 478 g/mol. The van der Waals surface area contributed by atoms with E-state index in [-0.39, 0.29) is 22.5 Å². The number of nitrogens with zero attached hydrogens (tertiary/aromatic N) is 1. The molecule has 1 saturated heterocycles. The number of nitrogens with one attached hydrogen (secondary N) is 2. The van der Waals surface area contributed by atoms with Gasteiger partial charge in [0.2, 0.25) is 0 Å². The molecule has 1 amide bonds. The molecule has 1 fully saturated rings. The predicted molar refractivity (Wildman–Crippen MR) is 126 cm³/mol. The highest BCUT2D eigenvalue weighted by atomic mass is 32.2. The van der Waals surface area contributed by atoms with Crippen LogP contribution in [0.1, 0.15) is 37.0 Å². The van der Waals surface area contributed by atoms with E-state index in [4.69, 9.17) is 4.74 Å².